The molecular weight excluding hydrogens is 232 g/mol. The molecule has 0 aliphatic rings. The number of aliphatic carboxylic acids is 1. The summed E-state index contributed by atoms with van der Waals surface area (Å²) >= 11 is 0. The van der Waals surface area contributed by atoms with Gasteiger partial charge in [0.05, 0.1) is 7.11 Å². The Hall–Kier alpha value is -2.36. The largest absolute Gasteiger partial charge is 0.497 e. The number of carboxylic acid groups (broad SMARTS) is 1. The first-order chi connectivity index (χ1) is 8.60. The van der Waals surface area contributed by atoms with E-state index in [1.807, 2.05) is 12.1 Å². The highest BCUT2D eigenvalue weighted by molar-refractivity contribution is 6.07. The number of carboxylic acids is 1. The molecule has 0 aromatic heterocycles. The van der Waals surface area contributed by atoms with Crippen molar-refractivity contribution in [2.24, 2.45) is 0 Å². The molecule has 2 aromatic rings. The first kappa shape index (κ1) is 12.1. The molecule has 4 heteroatoms. The van der Waals surface area contributed by atoms with Crippen LogP contribution in [0.4, 0.5) is 0 Å². The molecule has 0 aliphatic carbocycles. The second-order valence-electron chi connectivity index (χ2n) is 3.92. The molecule has 0 unspecified atom stereocenters. The highest BCUT2D eigenvalue weighted by Gasteiger charge is 2.11. The Morgan fingerprint density at radius 1 is 1.11 bits per heavy atom. The highest BCUT2D eigenvalue weighted by Crippen LogP contribution is 2.22. The van der Waals surface area contributed by atoms with Gasteiger partial charge in [-0.15, -0.1) is 0 Å². The van der Waals surface area contributed by atoms with Crippen LogP contribution in [0.5, 0.6) is 5.75 Å². The number of ether oxygens (including phenoxy) is 1. The normalized spacial score (nSPS) is 10.3. The van der Waals surface area contributed by atoms with E-state index in [1.165, 1.54) is 0 Å². The number of hydrogen-bond donors (Lipinski definition) is 1. The fourth-order valence-electron chi connectivity index (χ4n) is 1.76. The molecule has 1 N–H and O–H groups in total. The molecule has 0 saturated heterocycles. The van der Waals surface area contributed by atoms with Gasteiger partial charge >= 0.3 is 5.97 Å². The molecule has 92 valence electrons. The Morgan fingerprint density at radius 2 is 1.78 bits per heavy atom. The van der Waals surface area contributed by atoms with Crippen LogP contribution >= 0.6 is 0 Å². The van der Waals surface area contributed by atoms with E-state index in [-0.39, 0.29) is 5.78 Å². The van der Waals surface area contributed by atoms with E-state index in [1.54, 1.807) is 31.4 Å². The van der Waals surface area contributed by atoms with Gasteiger partial charge in [-0.3, -0.25) is 9.59 Å². The molecule has 0 bridgehead atoms. The smallest absolute Gasteiger partial charge is 0.311 e. The lowest BCUT2D eigenvalue weighted by atomic mass is 10.0. The molecule has 4 nitrogen and oxygen atoms in total. The number of Topliss-reactive ketones (excluding diaryl/α,β-unsaturated/α-hetero) is 1. The van der Waals surface area contributed by atoms with Crippen molar-refractivity contribution in [3.63, 3.8) is 0 Å². The Balaban J connectivity index is 2.39. The average Bonchev–Trinajstić information content (AvgIpc) is 2.36. The van der Waals surface area contributed by atoms with Crippen molar-refractivity contribution in [2.45, 2.75) is 6.42 Å². The van der Waals surface area contributed by atoms with Crippen LogP contribution in [-0.4, -0.2) is 24.0 Å². The van der Waals surface area contributed by atoms with Gasteiger partial charge in [-0.05, 0) is 29.0 Å². The fraction of sp³-hybridized carbons (Fsp3) is 0.143. The lowest BCUT2D eigenvalue weighted by Crippen LogP contribution is -2.06. The van der Waals surface area contributed by atoms with Crippen LogP contribution in [0.3, 0.4) is 0 Å². The SMILES string of the molecule is COc1ccc2cc(C(=O)CC(=O)O)ccc2c1. The summed E-state index contributed by atoms with van der Waals surface area (Å²) in [5.41, 5.74) is 0.412. The van der Waals surface area contributed by atoms with Crippen LogP contribution in [0.1, 0.15) is 16.8 Å². The molecule has 0 aliphatic heterocycles. The van der Waals surface area contributed by atoms with Crippen molar-refractivity contribution >= 4 is 22.5 Å². The minimum Gasteiger partial charge on any atom is -0.497 e. The Morgan fingerprint density at radius 3 is 2.44 bits per heavy atom. The standard InChI is InChI=1S/C14H12O4/c1-18-12-5-4-9-6-11(3-2-10(9)7-12)13(15)8-14(16)17/h2-7H,8H2,1H3,(H,16,17). The number of methoxy groups -OCH3 is 1. The van der Waals surface area contributed by atoms with Gasteiger partial charge in [-0.25, -0.2) is 0 Å². The molecule has 0 radical (unpaired) electrons. The van der Waals surface area contributed by atoms with Crippen LogP contribution in [0.25, 0.3) is 10.8 Å². The van der Waals surface area contributed by atoms with Crippen molar-refractivity contribution in [2.75, 3.05) is 7.11 Å². The second-order valence-corrected chi connectivity index (χ2v) is 3.92. The number of benzene rings is 2. The fourth-order valence-corrected chi connectivity index (χ4v) is 1.76. The van der Waals surface area contributed by atoms with Crippen LogP contribution in [0, 0.1) is 0 Å². The lowest BCUT2D eigenvalue weighted by Gasteiger charge is -2.04. The van der Waals surface area contributed by atoms with Crippen molar-refractivity contribution in [3.05, 3.63) is 42.0 Å². The molecule has 0 amide bonds. The summed E-state index contributed by atoms with van der Waals surface area (Å²) in [5, 5.41) is 10.4. The summed E-state index contributed by atoms with van der Waals surface area (Å²) < 4.78 is 5.11. The quantitative estimate of drug-likeness (QED) is 0.663. The number of ketones is 1. The second kappa shape index (κ2) is 4.87. The zero-order chi connectivity index (χ0) is 13.1. The van der Waals surface area contributed by atoms with Crippen molar-refractivity contribution in [1.82, 2.24) is 0 Å². The maximum atomic E-state index is 11.6. The first-order valence-corrected chi connectivity index (χ1v) is 5.43. The Labute approximate surface area is 104 Å². The molecule has 18 heavy (non-hydrogen) atoms. The summed E-state index contributed by atoms with van der Waals surface area (Å²) in [6.07, 6.45) is -0.484. The van der Waals surface area contributed by atoms with Crippen molar-refractivity contribution in [1.29, 1.82) is 0 Å². The van der Waals surface area contributed by atoms with Crippen LogP contribution in [0.2, 0.25) is 0 Å². The molecule has 0 saturated carbocycles. The summed E-state index contributed by atoms with van der Waals surface area (Å²) in [7, 11) is 1.59. The number of carbonyl (C=O) groups excluding carboxylic acids is 1. The van der Waals surface area contributed by atoms with E-state index >= 15 is 0 Å². The van der Waals surface area contributed by atoms with E-state index in [4.69, 9.17) is 9.84 Å². The summed E-state index contributed by atoms with van der Waals surface area (Å²) in [6, 6.07) is 10.6. The maximum absolute atomic E-state index is 11.6. The molecular formula is C14H12O4. The molecule has 2 aromatic carbocycles. The predicted octanol–water partition coefficient (Wildman–Crippen LogP) is 2.51. The van der Waals surface area contributed by atoms with E-state index in [0.717, 1.165) is 16.5 Å². The third-order valence-corrected chi connectivity index (χ3v) is 2.68. The van der Waals surface area contributed by atoms with Gasteiger partial charge in [0.25, 0.3) is 0 Å². The average molecular weight is 244 g/mol. The number of hydrogen-bond acceptors (Lipinski definition) is 3. The topological polar surface area (TPSA) is 63.6 Å². The number of carbonyl (C=O) groups is 2. The number of fused-ring (bicyclic) bond motifs is 1. The van der Waals surface area contributed by atoms with E-state index in [2.05, 4.69) is 0 Å². The van der Waals surface area contributed by atoms with Crippen molar-refractivity contribution in [3.8, 4) is 5.75 Å². The van der Waals surface area contributed by atoms with Crippen LogP contribution in [-0.2, 0) is 4.79 Å². The molecule has 0 atom stereocenters. The van der Waals surface area contributed by atoms with Crippen molar-refractivity contribution < 1.29 is 19.4 Å². The van der Waals surface area contributed by atoms with Gasteiger partial charge in [0.15, 0.2) is 5.78 Å². The Kier molecular flexibility index (Phi) is 3.28. The van der Waals surface area contributed by atoms with Gasteiger partial charge in [-0.1, -0.05) is 18.2 Å². The van der Waals surface area contributed by atoms with E-state index in [0.29, 0.717) is 5.56 Å². The molecule has 0 heterocycles. The van der Waals surface area contributed by atoms with Gasteiger partial charge in [0.2, 0.25) is 0 Å². The minimum atomic E-state index is -1.12. The van der Waals surface area contributed by atoms with Gasteiger partial charge in [0.1, 0.15) is 12.2 Å². The van der Waals surface area contributed by atoms with Gasteiger partial charge < -0.3 is 9.84 Å². The third kappa shape index (κ3) is 2.48. The zero-order valence-corrected chi connectivity index (χ0v) is 9.84. The monoisotopic (exact) mass is 244 g/mol. The van der Waals surface area contributed by atoms with Crippen LogP contribution < -0.4 is 4.74 Å². The predicted molar refractivity (Wildman–Crippen MR) is 67.1 cm³/mol. The molecule has 0 fully saturated rings. The third-order valence-electron chi connectivity index (χ3n) is 2.68. The molecule has 2 rings (SSSR count). The zero-order valence-electron chi connectivity index (χ0n) is 9.84. The first-order valence-electron chi connectivity index (χ1n) is 5.43. The molecule has 0 spiro atoms. The summed E-state index contributed by atoms with van der Waals surface area (Å²) in [5.74, 6) is -0.762. The Bertz CT molecular complexity index is 616. The number of rotatable bonds is 4. The van der Waals surface area contributed by atoms with Gasteiger partial charge in [0, 0.05) is 5.56 Å². The highest BCUT2D eigenvalue weighted by atomic mass is 16.5. The van der Waals surface area contributed by atoms with Gasteiger partial charge in [-0.2, -0.15) is 0 Å². The summed E-state index contributed by atoms with van der Waals surface area (Å²) in [4.78, 5) is 22.1. The van der Waals surface area contributed by atoms with E-state index in [9.17, 15) is 9.59 Å². The summed E-state index contributed by atoms with van der Waals surface area (Å²) in [6.45, 7) is 0. The minimum absolute atomic E-state index is 0.389. The lowest BCUT2D eigenvalue weighted by molar-refractivity contribution is -0.135. The van der Waals surface area contributed by atoms with E-state index < -0.39 is 12.4 Å². The van der Waals surface area contributed by atoms with Crippen LogP contribution in [0.15, 0.2) is 36.4 Å². The maximum Gasteiger partial charge on any atom is 0.311 e.